The first-order valence-electron chi connectivity index (χ1n) is 9.37. The molecule has 29 heavy (non-hydrogen) atoms. The van der Waals surface area contributed by atoms with Crippen molar-refractivity contribution in [2.24, 2.45) is 5.92 Å². The van der Waals surface area contributed by atoms with Crippen LogP contribution in [0.5, 0.6) is 0 Å². The Morgan fingerprint density at radius 1 is 1.21 bits per heavy atom. The van der Waals surface area contributed by atoms with Crippen LogP contribution in [-0.2, 0) is 16.6 Å². The SMILES string of the molecule is Cc1cc(-c2cncc(C(=O)O)c2)nc(CC2CCN(S(=O)(=O)N(C)C)CC2)n1. The van der Waals surface area contributed by atoms with Crippen LogP contribution in [0.25, 0.3) is 11.3 Å². The molecule has 0 aromatic carbocycles. The summed E-state index contributed by atoms with van der Waals surface area (Å²) in [7, 11) is -0.297. The molecule has 9 nitrogen and oxygen atoms in total. The summed E-state index contributed by atoms with van der Waals surface area (Å²) in [4.78, 5) is 24.3. The largest absolute Gasteiger partial charge is 0.478 e. The minimum absolute atomic E-state index is 0.106. The summed E-state index contributed by atoms with van der Waals surface area (Å²) in [5.74, 6) is -0.0684. The molecule has 3 rings (SSSR count). The third kappa shape index (κ3) is 4.95. The first-order chi connectivity index (χ1) is 13.7. The molecule has 1 saturated heterocycles. The number of nitrogens with zero attached hydrogens (tertiary/aromatic N) is 5. The van der Waals surface area contributed by atoms with Crippen LogP contribution >= 0.6 is 0 Å². The average molecular weight is 420 g/mol. The molecule has 1 aliphatic rings. The van der Waals surface area contributed by atoms with Gasteiger partial charge in [-0.15, -0.1) is 0 Å². The van der Waals surface area contributed by atoms with Crippen molar-refractivity contribution in [2.45, 2.75) is 26.2 Å². The maximum Gasteiger partial charge on any atom is 0.337 e. The van der Waals surface area contributed by atoms with Gasteiger partial charge >= 0.3 is 5.97 Å². The van der Waals surface area contributed by atoms with E-state index in [1.54, 1.807) is 18.3 Å². The van der Waals surface area contributed by atoms with Crippen LogP contribution in [0.1, 0.15) is 34.7 Å². The molecule has 156 valence electrons. The van der Waals surface area contributed by atoms with Crippen molar-refractivity contribution in [3.63, 3.8) is 0 Å². The molecule has 0 aliphatic carbocycles. The Hall–Kier alpha value is -2.43. The molecular formula is C19H25N5O4S. The number of carboxylic acid groups (broad SMARTS) is 1. The molecule has 0 saturated carbocycles. The number of aromatic carboxylic acids is 1. The summed E-state index contributed by atoms with van der Waals surface area (Å²) in [5, 5.41) is 9.17. The summed E-state index contributed by atoms with van der Waals surface area (Å²) in [6, 6.07) is 3.35. The van der Waals surface area contributed by atoms with Crippen LogP contribution < -0.4 is 0 Å². The van der Waals surface area contributed by atoms with Crippen molar-refractivity contribution in [3.05, 3.63) is 41.6 Å². The molecule has 3 heterocycles. The van der Waals surface area contributed by atoms with Crippen molar-refractivity contribution < 1.29 is 18.3 Å². The van der Waals surface area contributed by atoms with Crippen LogP contribution in [-0.4, -0.2) is 70.2 Å². The number of rotatable bonds is 6. The van der Waals surface area contributed by atoms with Gasteiger partial charge in [-0.2, -0.15) is 17.0 Å². The van der Waals surface area contributed by atoms with E-state index >= 15 is 0 Å². The third-order valence-corrected chi connectivity index (χ3v) is 6.95. The van der Waals surface area contributed by atoms with E-state index in [4.69, 9.17) is 0 Å². The van der Waals surface area contributed by atoms with Gasteiger partial charge in [-0.1, -0.05) is 0 Å². The van der Waals surface area contributed by atoms with Crippen LogP contribution in [0, 0.1) is 12.8 Å². The van der Waals surface area contributed by atoms with Gasteiger partial charge in [-0.25, -0.2) is 14.8 Å². The molecular weight excluding hydrogens is 394 g/mol. The summed E-state index contributed by atoms with van der Waals surface area (Å²) in [6.07, 6.45) is 5.03. The number of piperidine rings is 1. The number of hydrogen-bond donors (Lipinski definition) is 1. The Bertz CT molecular complexity index is 1000. The number of pyridine rings is 1. The first kappa shape index (κ1) is 21.3. The van der Waals surface area contributed by atoms with Gasteiger partial charge < -0.3 is 5.11 Å². The summed E-state index contributed by atoms with van der Waals surface area (Å²) >= 11 is 0. The topological polar surface area (TPSA) is 117 Å². The fourth-order valence-electron chi connectivity index (χ4n) is 3.40. The van der Waals surface area contributed by atoms with E-state index in [0.717, 1.165) is 18.5 Å². The van der Waals surface area contributed by atoms with E-state index in [1.165, 1.54) is 28.9 Å². The van der Waals surface area contributed by atoms with Gasteiger partial charge in [-0.3, -0.25) is 4.98 Å². The van der Waals surface area contributed by atoms with Crippen molar-refractivity contribution in [1.29, 1.82) is 0 Å². The normalized spacial score (nSPS) is 16.3. The van der Waals surface area contributed by atoms with E-state index in [9.17, 15) is 18.3 Å². The Balaban J connectivity index is 1.73. The quantitative estimate of drug-likeness (QED) is 0.756. The number of hydrogen-bond acceptors (Lipinski definition) is 6. The molecule has 1 N–H and O–H groups in total. The summed E-state index contributed by atoms with van der Waals surface area (Å²) in [6.45, 7) is 2.83. The van der Waals surface area contributed by atoms with Gasteiger partial charge in [0.05, 0.1) is 11.3 Å². The van der Waals surface area contributed by atoms with Gasteiger partial charge in [0.1, 0.15) is 5.82 Å². The van der Waals surface area contributed by atoms with Gasteiger partial charge in [0, 0.05) is 57.3 Å². The lowest BCUT2D eigenvalue weighted by molar-refractivity contribution is 0.0696. The maximum atomic E-state index is 12.3. The predicted octanol–water partition coefficient (Wildman–Crippen LogP) is 1.61. The van der Waals surface area contributed by atoms with E-state index < -0.39 is 16.2 Å². The van der Waals surface area contributed by atoms with Crippen LogP contribution in [0.4, 0.5) is 0 Å². The minimum Gasteiger partial charge on any atom is -0.478 e. The fraction of sp³-hybridized carbons (Fsp3) is 0.474. The van der Waals surface area contributed by atoms with Gasteiger partial charge in [0.2, 0.25) is 0 Å². The second kappa shape index (κ2) is 8.52. The molecule has 0 radical (unpaired) electrons. The molecule has 0 amide bonds. The lowest BCUT2D eigenvalue weighted by atomic mass is 9.94. The summed E-state index contributed by atoms with van der Waals surface area (Å²) < 4.78 is 27.3. The standard InChI is InChI=1S/C19H25N5O4S/c1-13-8-17(15-10-16(19(25)26)12-20-11-15)22-18(21-13)9-14-4-6-24(7-5-14)29(27,28)23(2)3/h8,10-12,14H,4-7,9H2,1-3H3,(H,25,26). The highest BCUT2D eigenvalue weighted by atomic mass is 32.2. The smallest absolute Gasteiger partial charge is 0.337 e. The lowest BCUT2D eigenvalue weighted by Gasteiger charge is -2.32. The van der Waals surface area contributed by atoms with Gasteiger partial charge in [0.15, 0.2) is 0 Å². The second-order valence-electron chi connectivity index (χ2n) is 7.41. The zero-order valence-corrected chi connectivity index (χ0v) is 17.6. The Labute approximate surface area is 170 Å². The molecule has 2 aromatic heterocycles. The highest BCUT2D eigenvalue weighted by molar-refractivity contribution is 7.86. The zero-order valence-electron chi connectivity index (χ0n) is 16.7. The number of carboxylic acids is 1. The van der Waals surface area contributed by atoms with Crippen molar-refractivity contribution in [3.8, 4) is 11.3 Å². The highest BCUT2D eigenvalue weighted by Gasteiger charge is 2.29. The van der Waals surface area contributed by atoms with Crippen molar-refractivity contribution in [2.75, 3.05) is 27.2 Å². The lowest BCUT2D eigenvalue weighted by Crippen LogP contribution is -2.44. The third-order valence-electron chi connectivity index (χ3n) is 5.01. The molecule has 2 aromatic rings. The van der Waals surface area contributed by atoms with Crippen LogP contribution in [0.3, 0.4) is 0 Å². The monoisotopic (exact) mass is 419 g/mol. The summed E-state index contributed by atoms with van der Waals surface area (Å²) in [5.41, 5.74) is 2.16. The molecule has 1 fully saturated rings. The van der Waals surface area contributed by atoms with E-state index in [1.807, 2.05) is 6.92 Å². The second-order valence-corrected chi connectivity index (χ2v) is 9.56. The average Bonchev–Trinajstić information content (AvgIpc) is 2.68. The Morgan fingerprint density at radius 3 is 2.52 bits per heavy atom. The maximum absolute atomic E-state index is 12.3. The van der Waals surface area contributed by atoms with Gasteiger partial charge in [-0.05, 0) is 37.8 Å². The van der Waals surface area contributed by atoms with E-state index in [-0.39, 0.29) is 5.56 Å². The minimum atomic E-state index is -3.38. The van der Waals surface area contributed by atoms with Crippen LogP contribution in [0.2, 0.25) is 0 Å². The number of aromatic nitrogens is 3. The molecule has 10 heteroatoms. The molecule has 0 unspecified atom stereocenters. The number of aryl methyl sites for hydroxylation is 1. The van der Waals surface area contributed by atoms with Crippen molar-refractivity contribution in [1.82, 2.24) is 23.6 Å². The Morgan fingerprint density at radius 2 is 1.90 bits per heavy atom. The Kier molecular flexibility index (Phi) is 6.25. The molecule has 1 aliphatic heterocycles. The van der Waals surface area contributed by atoms with E-state index in [0.29, 0.717) is 42.5 Å². The molecule has 0 atom stereocenters. The fourth-order valence-corrected chi connectivity index (χ4v) is 4.53. The van der Waals surface area contributed by atoms with Crippen molar-refractivity contribution >= 4 is 16.2 Å². The van der Waals surface area contributed by atoms with E-state index in [2.05, 4.69) is 15.0 Å². The van der Waals surface area contributed by atoms with Gasteiger partial charge in [0.25, 0.3) is 10.2 Å². The first-order valence-corrected chi connectivity index (χ1v) is 10.8. The number of carbonyl (C=O) groups is 1. The highest BCUT2D eigenvalue weighted by Crippen LogP contribution is 2.24. The molecule has 0 spiro atoms. The zero-order chi connectivity index (χ0) is 21.2. The predicted molar refractivity (Wildman–Crippen MR) is 108 cm³/mol. The molecule has 0 bridgehead atoms. The van der Waals surface area contributed by atoms with Crippen LogP contribution in [0.15, 0.2) is 24.5 Å².